The Kier molecular flexibility index (Phi) is 3.90. The van der Waals surface area contributed by atoms with Gasteiger partial charge in [-0.1, -0.05) is 0 Å². The fourth-order valence-electron chi connectivity index (χ4n) is 0.757. The molecule has 0 aliphatic heterocycles. The van der Waals surface area contributed by atoms with Gasteiger partial charge in [-0.15, -0.1) is 37.0 Å². The summed E-state index contributed by atoms with van der Waals surface area (Å²) >= 11 is 0. The molecular formula is C10H10O. The van der Waals surface area contributed by atoms with Crippen LogP contribution in [0.3, 0.4) is 0 Å². The van der Waals surface area contributed by atoms with E-state index in [0.717, 1.165) is 0 Å². The lowest BCUT2D eigenvalue weighted by molar-refractivity contribution is 0.0562. The number of terminal acetylenes is 3. The molecule has 0 radical (unpaired) electrons. The van der Waals surface area contributed by atoms with Crippen molar-refractivity contribution in [2.24, 2.45) is 0 Å². The maximum Gasteiger partial charge on any atom is 0.0973 e. The lowest BCUT2D eigenvalue weighted by atomic mass is 9.93. The van der Waals surface area contributed by atoms with Crippen LogP contribution in [0, 0.1) is 37.0 Å². The Hall–Kier alpha value is -1.36. The Balaban J connectivity index is 4.20. The molecule has 0 bridgehead atoms. The first kappa shape index (κ1) is 9.64. The van der Waals surface area contributed by atoms with E-state index in [2.05, 4.69) is 17.8 Å². The second-order valence-electron chi connectivity index (χ2n) is 2.37. The van der Waals surface area contributed by atoms with E-state index in [0.29, 0.717) is 0 Å². The molecule has 0 unspecified atom stereocenters. The van der Waals surface area contributed by atoms with Gasteiger partial charge in [-0.25, -0.2) is 0 Å². The van der Waals surface area contributed by atoms with Crippen LogP contribution in [0.4, 0.5) is 0 Å². The van der Waals surface area contributed by atoms with Crippen molar-refractivity contribution in [3.63, 3.8) is 0 Å². The third kappa shape index (κ3) is 3.36. The molecular weight excluding hydrogens is 136 g/mol. The standard InChI is InChI=1S/C10H10O/c1-4-7-10(11,8-5-2)9-6-3/h1-3,11H,7-9H2. The summed E-state index contributed by atoms with van der Waals surface area (Å²) in [5, 5.41) is 9.58. The molecule has 0 aromatic rings. The first-order valence-corrected chi connectivity index (χ1v) is 3.21. The summed E-state index contributed by atoms with van der Waals surface area (Å²) in [6.45, 7) is 0. The van der Waals surface area contributed by atoms with E-state index >= 15 is 0 Å². The van der Waals surface area contributed by atoms with Gasteiger partial charge in [0.2, 0.25) is 0 Å². The van der Waals surface area contributed by atoms with Gasteiger partial charge < -0.3 is 5.11 Å². The minimum atomic E-state index is -1.06. The minimum Gasteiger partial charge on any atom is -0.387 e. The van der Waals surface area contributed by atoms with Gasteiger partial charge >= 0.3 is 0 Å². The van der Waals surface area contributed by atoms with Crippen molar-refractivity contribution in [1.29, 1.82) is 0 Å². The largest absolute Gasteiger partial charge is 0.387 e. The highest BCUT2D eigenvalue weighted by molar-refractivity contribution is 5.07. The van der Waals surface area contributed by atoms with E-state index in [1.165, 1.54) is 0 Å². The highest BCUT2D eigenvalue weighted by Crippen LogP contribution is 2.17. The predicted octanol–water partition coefficient (Wildman–Crippen LogP) is 0.787. The average Bonchev–Trinajstić information content (AvgIpc) is 1.88. The van der Waals surface area contributed by atoms with Gasteiger partial charge in [0.25, 0.3) is 0 Å². The molecule has 11 heavy (non-hydrogen) atoms. The van der Waals surface area contributed by atoms with Crippen LogP contribution in [0.2, 0.25) is 0 Å². The topological polar surface area (TPSA) is 20.2 Å². The fourth-order valence-corrected chi connectivity index (χ4v) is 0.757. The second kappa shape index (κ2) is 4.45. The van der Waals surface area contributed by atoms with Crippen LogP contribution in [-0.2, 0) is 0 Å². The zero-order valence-corrected chi connectivity index (χ0v) is 6.30. The third-order valence-electron chi connectivity index (χ3n) is 1.29. The quantitative estimate of drug-likeness (QED) is 0.583. The summed E-state index contributed by atoms with van der Waals surface area (Å²) in [5.74, 6) is 7.01. The molecule has 0 spiro atoms. The molecule has 0 fully saturated rings. The van der Waals surface area contributed by atoms with Crippen LogP contribution >= 0.6 is 0 Å². The van der Waals surface area contributed by atoms with E-state index in [1.54, 1.807) is 0 Å². The summed E-state index contributed by atoms with van der Waals surface area (Å²) < 4.78 is 0. The summed E-state index contributed by atoms with van der Waals surface area (Å²) in [7, 11) is 0. The average molecular weight is 146 g/mol. The first-order valence-electron chi connectivity index (χ1n) is 3.21. The highest BCUT2D eigenvalue weighted by Gasteiger charge is 2.23. The molecule has 1 nitrogen and oxygen atoms in total. The summed E-state index contributed by atoms with van der Waals surface area (Å²) in [6.07, 6.45) is 15.7. The van der Waals surface area contributed by atoms with E-state index < -0.39 is 5.60 Å². The Morgan fingerprint density at radius 3 is 1.36 bits per heavy atom. The van der Waals surface area contributed by atoms with Gasteiger partial charge in [0.1, 0.15) is 0 Å². The van der Waals surface area contributed by atoms with Crippen LogP contribution < -0.4 is 0 Å². The Morgan fingerprint density at radius 1 is 0.909 bits per heavy atom. The molecule has 0 rings (SSSR count). The maximum absolute atomic E-state index is 9.58. The smallest absolute Gasteiger partial charge is 0.0973 e. The number of aliphatic hydroxyl groups is 1. The minimum absolute atomic E-state index is 0.210. The van der Waals surface area contributed by atoms with Crippen LogP contribution in [-0.4, -0.2) is 10.7 Å². The van der Waals surface area contributed by atoms with Gasteiger partial charge in [-0.05, 0) is 0 Å². The van der Waals surface area contributed by atoms with Crippen molar-refractivity contribution in [2.45, 2.75) is 24.9 Å². The van der Waals surface area contributed by atoms with E-state index in [1.807, 2.05) is 0 Å². The Labute approximate surface area is 67.8 Å². The molecule has 0 amide bonds. The lowest BCUT2D eigenvalue weighted by Crippen LogP contribution is -2.26. The van der Waals surface area contributed by atoms with Crippen molar-refractivity contribution in [3.8, 4) is 37.0 Å². The van der Waals surface area contributed by atoms with Gasteiger partial charge in [-0.2, -0.15) is 0 Å². The van der Waals surface area contributed by atoms with Crippen molar-refractivity contribution in [1.82, 2.24) is 0 Å². The van der Waals surface area contributed by atoms with Crippen LogP contribution in [0.1, 0.15) is 19.3 Å². The second-order valence-corrected chi connectivity index (χ2v) is 2.37. The van der Waals surface area contributed by atoms with Crippen molar-refractivity contribution in [2.75, 3.05) is 0 Å². The van der Waals surface area contributed by atoms with Gasteiger partial charge in [-0.3, -0.25) is 0 Å². The van der Waals surface area contributed by atoms with E-state index in [4.69, 9.17) is 19.3 Å². The Bertz CT molecular complexity index is 190. The van der Waals surface area contributed by atoms with Gasteiger partial charge in [0.15, 0.2) is 0 Å². The monoisotopic (exact) mass is 146 g/mol. The zero-order valence-electron chi connectivity index (χ0n) is 6.30. The molecule has 0 saturated heterocycles. The number of hydrogen-bond acceptors (Lipinski definition) is 1. The van der Waals surface area contributed by atoms with Crippen molar-refractivity contribution in [3.05, 3.63) is 0 Å². The third-order valence-corrected chi connectivity index (χ3v) is 1.29. The van der Waals surface area contributed by atoms with Crippen molar-refractivity contribution < 1.29 is 5.11 Å². The van der Waals surface area contributed by atoms with E-state index in [-0.39, 0.29) is 19.3 Å². The first-order chi connectivity index (χ1) is 5.18. The normalized spacial score (nSPS) is 9.27. The SMILES string of the molecule is C#CCC(O)(CC#C)CC#C. The summed E-state index contributed by atoms with van der Waals surface area (Å²) in [6, 6.07) is 0. The van der Waals surface area contributed by atoms with Crippen LogP contribution in [0.15, 0.2) is 0 Å². The summed E-state index contributed by atoms with van der Waals surface area (Å²) in [4.78, 5) is 0. The molecule has 1 heteroatoms. The molecule has 0 aliphatic rings. The lowest BCUT2D eigenvalue weighted by Gasteiger charge is -2.20. The predicted molar refractivity (Wildman–Crippen MR) is 45.3 cm³/mol. The highest BCUT2D eigenvalue weighted by atomic mass is 16.3. The molecule has 0 atom stereocenters. The van der Waals surface area contributed by atoms with Gasteiger partial charge in [0, 0.05) is 19.3 Å². The molecule has 1 N–H and O–H groups in total. The van der Waals surface area contributed by atoms with Crippen molar-refractivity contribution >= 4 is 0 Å². The van der Waals surface area contributed by atoms with E-state index in [9.17, 15) is 5.11 Å². The molecule has 0 saturated carbocycles. The molecule has 0 aliphatic carbocycles. The van der Waals surface area contributed by atoms with Gasteiger partial charge in [0.05, 0.1) is 5.60 Å². The molecule has 0 heterocycles. The maximum atomic E-state index is 9.58. The fraction of sp³-hybridized carbons (Fsp3) is 0.400. The van der Waals surface area contributed by atoms with Crippen LogP contribution in [0.25, 0.3) is 0 Å². The number of hydrogen-bond donors (Lipinski definition) is 1. The molecule has 0 aromatic carbocycles. The summed E-state index contributed by atoms with van der Waals surface area (Å²) in [5.41, 5.74) is -1.06. The zero-order chi connectivity index (χ0) is 8.74. The molecule has 0 aromatic heterocycles. The Morgan fingerprint density at radius 2 is 1.18 bits per heavy atom. The molecule has 56 valence electrons. The number of rotatable bonds is 3. The van der Waals surface area contributed by atoms with Crippen LogP contribution in [0.5, 0.6) is 0 Å².